The fraction of sp³-hybridized carbons (Fsp3) is 0.409. The van der Waals surface area contributed by atoms with Crippen molar-refractivity contribution in [2.75, 3.05) is 50.7 Å². The summed E-state index contributed by atoms with van der Waals surface area (Å²) in [7, 11) is 1.63. The summed E-state index contributed by atoms with van der Waals surface area (Å²) in [5.74, 6) is 1.20. The second kappa shape index (κ2) is 11.3. The van der Waals surface area contributed by atoms with Crippen LogP contribution < -0.4 is 20.1 Å². The Labute approximate surface area is 171 Å². The highest BCUT2D eigenvalue weighted by Gasteiger charge is 2.17. The lowest BCUT2D eigenvalue weighted by Gasteiger charge is -2.15. The Kier molecular flexibility index (Phi) is 8.15. The number of methoxy groups -OCH3 is 1. The average molecular weight is 400 g/mol. The van der Waals surface area contributed by atoms with Crippen LogP contribution in [0.2, 0.25) is 0 Å². The van der Waals surface area contributed by atoms with Gasteiger partial charge in [0.2, 0.25) is 5.91 Å². The van der Waals surface area contributed by atoms with Crippen LogP contribution in [0.15, 0.2) is 48.5 Å². The van der Waals surface area contributed by atoms with E-state index in [9.17, 15) is 4.79 Å². The van der Waals surface area contributed by atoms with Gasteiger partial charge >= 0.3 is 0 Å². The predicted molar refractivity (Wildman–Crippen MR) is 112 cm³/mol. The highest BCUT2D eigenvalue weighted by Crippen LogP contribution is 2.25. The van der Waals surface area contributed by atoms with Gasteiger partial charge in [-0.25, -0.2) is 0 Å². The van der Waals surface area contributed by atoms with Crippen molar-refractivity contribution in [2.24, 2.45) is 0 Å². The van der Waals surface area contributed by atoms with Gasteiger partial charge < -0.3 is 29.6 Å². The van der Waals surface area contributed by atoms with Gasteiger partial charge in [0, 0.05) is 25.5 Å². The number of nitrogens with one attached hydrogen (secondary N) is 2. The summed E-state index contributed by atoms with van der Waals surface area (Å²) >= 11 is 0. The molecule has 1 heterocycles. The molecule has 0 aliphatic carbocycles. The van der Waals surface area contributed by atoms with Crippen LogP contribution in [0.3, 0.4) is 0 Å². The number of carbonyl (C=O) groups excluding carboxylic acids is 1. The molecule has 2 aromatic rings. The summed E-state index contributed by atoms with van der Waals surface area (Å²) in [6.45, 7) is 2.40. The van der Waals surface area contributed by atoms with Gasteiger partial charge in [-0.15, -0.1) is 0 Å². The fourth-order valence-corrected chi connectivity index (χ4v) is 2.97. The van der Waals surface area contributed by atoms with E-state index in [0.29, 0.717) is 31.3 Å². The second-order valence-corrected chi connectivity index (χ2v) is 6.71. The maximum Gasteiger partial charge on any atom is 0.243 e. The number of ether oxygens (including phenoxy) is 4. The lowest BCUT2D eigenvalue weighted by molar-refractivity contribution is -0.114. The molecule has 1 atom stereocenters. The van der Waals surface area contributed by atoms with E-state index in [2.05, 4.69) is 10.6 Å². The van der Waals surface area contributed by atoms with E-state index in [1.54, 1.807) is 7.11 Å². The van der Waals surface area contributed by atoms with E-state index >= 15 is 0 Å². The summed E-state index contributed by atoms with van der Waals surface area (Å²) in [6.07, 6.45) is 2.20. The fourth-order valence-electron chi connectivity index (χ4n) is 2.97. The molecule has 29 heavy (non-hydrogen) atoms. The lowest BCUT2D eigenvalue weighted by atomic mass is 10.2. The van der Waals surface area contributed by atoms with Crippen LogP contribution in [-0.2, 0) is 14.3 Å². The number of hydrogen-bond donors (Lipinski definition) is 2. The molecule has 1 aliphatic heterocycles. The van der Waals surface area contributed by atoms with E-state index < -0.39 is 0 Å². The zero-order valence-corrected chi connectivity index (χ0v) is 16.7. The van der Waals surface area contributed by atoms with E-state index in [-0.39, 0.29) is 18.6 Å². The molecule has 7 heteroatoms. The zero-order valence-electron chi connectivity index (χ0n) is 16.7. The molecule has 2 aromatic carbocycles. The van der Waals surface area contributed by atoms with Crippen molar-refractivity contribution >= 4 is 17.3 Å². The molecule has 156 valence electrons. The summed E-state index contributed by atoms with van der Waals surface area (Å²) in [6, 6.07) is 14.9. The Morgan fingerprint density at radius 3 is 2.86 bits per heavy atom. The number of amides is 1. The molecule has 7 nitrogen and oxygen atoms in total. The first kappa shape index (κ1) is 21.0. The Morgan fingerprint density at radius 2 is 2.03 bits per heavy atom. The van der Waals surface area contributed by atoms with Crippen molar-refractivity contribution < 1.29 is 23.7 Å². The molecule has 3 rings (SSSR count). The number of anilines is 2. The third-order valence-electron chi connectivity index (χ3n) is 4.45. The molecule has 2 N–H and O–H groups in total. The molecule has 1 unspecified atom stereocenters. The van der Waals surface area contributed by atoms with Gasteiger partial charge in [-0.05, 0) is 37.1 Å². The Morgan fingerprint density at radius 1 is 1.14 bits per heavy atom. The summed E-state index contributed by atoms with van der Waals surface area (Å²) in [4.78, 5) is 12.4. The Hall–Kier alpha value is -2.77. The molecular weight excluding hydrogens is 372 g/mol. The molecule has 1 saturated heterocycles. The standard InChI is InChI=1S/C22H28N2O5/c1-26-12-13-28-18-7-4-6-17(14-18)23-15-22(25)24-20-9-2-3-10-21(20)29-16-19-8-5-11-27-19/h2-4,6-7,9-10,14,19,23H,5,8,11-13,15-16H2,1H3,(H,24,25). The van der Waals surface area contributed by atoms with Crippen molar-refractivity contribution in [3.8, 4) is 11.5 Å². The number of para-hydroxylation sites is 2. The van der Waals surface area contributed by atoms with Crippen molar-refractivity contribution in [3.05, 3.63) is 48.5 Å². The molecule has 0 bridgehead atoms. The number of rotatable bonds is 11. The molecule has 0 aromatic heterocycles. The molecule has 1 amide bonds. The second-order valence-electron chi connectivity index (χ2n) is 6.71. The third-order valence-corrected chi connectivity index (χ3v) is 4.45. The molecule has 1 fully saturated rings. The van der Waals surface area contributed by atoms with Crippen LogP contribution in [0.5, 0.6) is 11.5 Å². The zero-order chi connectivity index (χ0) is 20.3. The van der Waals surface area contributed by atoms with Gasteiger partial charge in [0.1, 0.15) is 24.7 Å². The molecular formula is C22H28N2O5. The van der Waals surface area contributed by atoms with Gasteiger partial charge in [-0.3, -0.25) is 4.79 Å². The number of hydrogen-bond acceptors (Lipinski definition) is 6. The maximum atomic E-state index is 12.4. The van der Waals surface area contributed by atoms with Crippen molar-refractivity contribution in [3.63, 3.8) is 0 Å². The highest BCUT2D eigenvalue weighted by atomic mass is 16.5. The summed E-state index contributed by atoms with van der Waals surface area (Å²) < 4.78 is 22.0. The highest BCUT2D eigenvalue weighted by molar-refractivity contribution is 5.95. The van der Waals surface area contributed by atoms with Crippen LogP contribution in [0.1, 0.15) is 12.8 Å². The number of benzene rings is 2. The van der Waals surface area contributed by atoms with Gasteiger partial charge in [0.05, 0.1) is 24.9 Å². The van der Waals surface area contributed by atoms with E-state index in [4.69, 9.17) is 18.9 Å². The van der Waals surface area contributed by atoms with Crippen LogP contribution >= 0.6 is 0 Å². The maximum absolute atomic E-state index is 12.4. The van der Waals surface area contributed by atoms with Crippen molar-refractivity contribution in [1.29, 1.82) is 0 Å². The molecule has 0 saturated carbocycles. The Bertz CT molecular complexity index is 777. The van der Waals surface area contributed by atoms with E-state index in [1.165, 1.54) is 0 Å². The molecule has 0 radical (unpaired) electrons. The van der Waals surface area contributed by atoms with Crippen LogP contribution in [0, 0.1) is 0 Å². The van der Waals surface area contributed by atoms with Gasteiger partial charge in [-0.2, -0.15) is 0 Å². The topological polar surface area (TPSA) is 78.1 Å². The smallest absolute Gasteiger partial charge is 0.243 e. The summed E-state index contributed by atoms with van der Waals surface area (Å²) in [5, 5.41) is 6.01. The predicted octanol–water partition coefficient (Wildman–Crippen LogP) is 3.32. The SMILES string of the molecule is COCCOc1cccc(NCC(=O)Nc2ccccc2OCC2CCCO2)c1. The van der Waals surface area contributed by atoms with Crippen molar-refractivity contribution in [1.82, 2.24) is 0 Å². The average Bonchev–Trinajstić information content (AvgIpc) is 3.26. The first-order valence-corrected chi connectivity index (χ1v) is 9.83. The molecule has 1 aliphatic rings. The van der Waals surface area contributed by atoms with Gasteiger partial charge in [0.25, 0.3) is 0 Å². The first-order chi connectivity index (χ1) is 14.2. The minimum Gasteiger partial charge on any atom is -0.491 e. The lowest BCUT2D eigenvalue weighted by Crippen LogP contribution is -2.23. The third kappa shape index (κ3) is 6.96. The van der Waals surface area contributed by atoms with Gasteiger partial charge in [0.15, 0.2) is 0 Å². The minimum absolute atomic E-state index is 0.124. The quantitative estimate of drug-likeness (QED) is 0.564. The summed E-state index contributed by atoms with van der Waals surface area (Å²) in [5.41, 5.74) is 1.45. The monoisotopic (exact) mass is 400 g/mol. The largest absolute Gasteiger partial charge is 0.491 e. The number of carbonyl (C=O) groups is 1. The van der Waals surface area contributed by atoms with Crippen molar-refractivity contribution in [2.45, 2.75) is 18.9 Å². The molecule has 0 spiro atoms. The van der Waals surface area contributed by atoms with Gasteiger partial charge in [-0.1, -0.05) is 18.2 Å². The van der Waals surface area contributed by atoms with Crippen LogP contribution in [0.4, 0.5) is 11.4 Å². The Balaban J connectivity index is 1.48. The van der Waals surface area contributed by atoms with E-state index in [0.717, 1.165) is 30.9 Å². The first-order valence-electron chi connectivity index (χ1n) is 9.83. The van der Waals surface area contributed by atoms with E-state index in [1.807, 2.05) is 48.5 Å². The van der Waals surface area contributed by atoms with Crippen LogP contribution in [-0.4, -0.2) is 52.1 Å². The minimum atomic E-state index is -0.163. The van der Waals surface area contributed by atoms with Crippen LogP contribution in [0.25, 0.3) is 0 Å². The normalized spacial score (nSPS) is 15.7.